The summed E-state index contributed by atoms with van der Waals surface area (Å²) in [5.74, 6) is 0.396. The van der Waals surface area contributed by atoms with Crippen molar-refractivity contribution in [3.8, 4) is 0 Å². The Labute approximate surface area is 120 Å². The first kappa shape index (κ1) is 14.8. The van der Waals surface area contributed by atoms with E-state index in [4.69, 9.17) is 11.1 Å². The van der Waals surface area contributed by atoms with E-state index in [1.807, 2.05) is 6.92 Å². The third-order valence-electron chi connectivity index (χ3n) is 3.52. The number of aryl methyl sites for hydroxylation is 1. The molecule has 0 saturated heterocycles. The number of amidine groups is 1. The summed E-state index contributed by atoms with van der Waals surface area (Å²) < 4.78 is 2.35. The number of aromatic amines is 1. The van der Waals surface area contributed by atoms with Crippen LogP contribution in [0.25, 0.3) is 11.2 Å². The van der Waals surface area contributed by atoms with Crippen LogP contribution in [0.15, 0.2) is 9.59 Å². The molecule has 0 spiro atoms. The molecule has 0 saturated carbocycles. The van der Waals surface area contributed by atoms with Gasteiger partial charge in [-0.25, -0.2) is 4.79 Å². The third kappa shape index (κ3) is 2.41. The quantitative estimate of drug-likeness (QED) is 0.491. The van der Waals surface area contributed by atoms with Gasteiger partial charge in [-0.2, -0.15) is 4.98 Å². The number of nitrogens with one attached hydrogen (secondary N) is 2. The summed E-state index contributed by atoms with van der Waals surface area (Å²) in [5.41, 5.74) is 5.19. The Kier molecular flexibility index (Phi) is 3.58. The summed E-state index contributed by atoms with van der Waals surface area (Å²) in [5, 5.41) is 7.41. The van der Waals surface area contributed by atoms with Crippen molar-refractivity contribution in [1.29, 1.82) is 5.41 Å². The molecule has 2 rings (SSSR count). The molecule has 0 aliphatic carbocycles. The van der Waals surface area contributed by atoms with Gasteiger partial charge in [0.05, 0.1) is 5.84 Å². The van der Waals surface area contributed by atoms with Crippen molar-refractivity contribution in [1.82, 2.24) is 19.1 Å². The first-order chi connectivity index (χ1) is 9.73. The van der Waals surface area contributed by atoms with Gasteiger partial charge in [0.2, 0.25) is 5.95 Å². The van der Waals surface area contributed by atoms with Crippen molar-refractivity contribution in [3.05, 3.63) is 20.8 Å². The van der Waals surface area contributed by atoms with Crippen molar-refractivity contribution in [2.45, 2.75) is 6.92 Å². The van der Waals surface area contributed by atoms with Gasteiger partial charge in [0, 0.05) is 33.6 Å². The van der Waals surface area contributed by atoms with Crippen LogP contribution < -0.4 is 21.9 Å². The fourth-order valence-corrected chi connectivity index (χ4v) is 2.09. The van der Waals surface area contributed by atoms with E-state index in [1.54, 1.807) is 19.0 Å². The minimum absolute atomic E-state index is 0.0845. The Hall–Kier alpha value is -2.58. The van der Waals surface area contributed by atoms with Crippen LogP contribution in [0.5, 0.6) is 0 Å². The maximum Gasteiger partial charge on any atom is 0.332 e. The lowest BCUT2D eigenvalue weighted by Gasteiger charge is -2.19. The van der Waals surface area contributed by atoms with E-state index in [0.717, 1.165) is 4.57 Å². The van der Waals surface area contributed by atoms with E-state index in [1.165, 1.54) is 11.6 Å². The molecular weight excluding hydrogens is 274 g/mol. The van der Waals surface area contributed by atoms with Crippen LogP contribution in [0.1, 0.15) is 6.92 Å². The summed E-state index contributed by atoms with van der Waals surface area (Å²) >= 11 is 0. The predicted octanol–water partition coefficient (Wildman–Crippen LogP) is -1.03. The number of rotatable bonds is 4. The van der Waals surface area contributed by atoms with Crippen molar-refractivity contribution in [2.75, 3.05) is 18.5 Å². The fourth-order valence-electron chi connectivity index (χ4n) is 2.09. The van der Waals surface area contributed by atoms with Crippen LogP contribution in [0.3, 0.4) is 0 Å². The minimum Gasteiger partial charge on any atom is -0.387 e. The number of fused-ring (bicyclic) bond motifs is 1. The molecule has 114 valence electrons. The molecule has 0 aliphatic heterocycles. The molecule has 0 aliphatic rings. The number of imidazole rings is 1. The zero-order valence-electron chi connectivity index (χ0n) is 12.5. The topological polar surface area (TPSA) is 126 Å². The highest BCUT2D eigenvalue weighted by atomic mass is 16.2. The van der Waals surface area contributed by atoms with Crippen LogP contribution >= 0.6 is 0 Å². The van der Waals surface area contributed by atoms with Gasteiger partial charge in [-0.1, -0.05) is 6.92 Å². The number of hydrogen-bond acceptors (Lipinski definition) is 5. The number of anilines is 1. The van der Waals surface area contributed by atoms with E-state index in [0.29, 0.717) is 18.1 Å². The largest absolute Gasteiger partial charge is 0.387 e. The Morgan fingerprint density at radius 1 is 1.43 bits per heavy atom. The SMILES string of the molecule is CC(CN(C)c1nc2c([nH]1)c(=O)n(C)c(=O)n2C)C(=N)N. The summed E-state index contributed by atoms with van der Waals surface area (Å²) in [4.78, 5) is 32.9. The van der Waals surface area contributed by atoms with Crippen LogP contribution in [0, 0.1) is 11.3 Å². The Morgan fingerprint density at radius 3 is 2.62 bits per heavy atom. The molecule has 0 radical (unpaired) electrons. The first-order valence-electron chi connectivity index (χ1n) is 6.44. The van der Waals surface area contributed by atoms with Gasteiger partial charge in [-0.05, 0) is 0 Å². The number of nitrogens with zero attached hydrogens (tertiary/aromatic N) is 4. The molecule has 2 heterocycles. The molecule has 0 amide bonds. The van der Waals surface area contributed by atoms with Crippen LogP contribution in [-0.2, 0) is 14.1 Å². The van der Waals surface area contributed by atoms with Gasteiger partial charge in [0.1, 0.15) is 0 Å². The third-order valence-corrected chi connectivity index (χ3v) is 3.52. The second-order valence-electron chi connectivity index (χ2n) is 5.20. The molecule has 1 atom stereocenters. The summed E-state index contributed by atoms with van der Waals surface area (Å²) in [6.45, 7) is 2.31. The molecule has 2 aromatic heterocycles. The molecule has 9 nitrogen and oxygen atoms in total. The molecular formula is C12H19N7O2. The van der Waals surface area contributed by atoms with E-state index in [9.17, 15) is 9.59 Å². The number of H-pyrrole nitrogens is 1. The Balaban J connectivity index is 2.51. The highest BCUT2D eigenvalue weighted by Crippen LogP contribution is 2.13. The predicted molar refractivity (Wildman–Crippen MR) is 80.9 cm³/mol. The van der Waals surface area contributed by atoms with Crippen LogP contribution in [0.2, 0.25) is 0 Å². The monoisotopic (exact) mass is 293 g/mol. The Bertz CT molecular complexity index is 813. The average molecular weight is 293 g/mol. The van der Waals surface area contributed by atoms with Gasteiger partial charge in [-0.15, -0.1) is 0 Å². The molecule has 4 N–H and O–H groups in total. The van der Waals surface area contributed by atoms with Gasteiger partial charge < -0.3 is 15.6 Å². The average Bonchev–Trinajstić information content (AvgIpc) is 2.88. The molecule has 2 aromatic rings. The molecule has 0 aromatic carbocycles. The van der Waals surface area contributed by atoms with Gasteiger partial charge >= 0.3 is 5.69 Å². The fraction of sp³-hybridized carbons (Fsp3) is 0.500. The Morgan fingerprint density at radius 2 is 2.05 bits per heavy atom. The van der Waals surface area contributed by atoms with Crippen molar-refractivity contribution < 1.29 is 0 Å². The van der Waals surface area contributed by atoms with E-state index < -0.39 is 11.2 Å². The van der Waals surface area contributed by atoms with Gasteiger partial charge in [-0.3, -0.25) is 19.3 Å². The zero-order chi connectivity index (χ0) is 15.9. The standard InChI is InChI=1S/C12H19N7O2/c1-6(8(13)14)5-17(2)11-15-7-9(16-11)18(3)12(21)19(4)10(7)20/h6H,5H2,1-4H3,(H3,13,14)(H,15,16). The molecule has 21 heavy (non-hydrogen) atoms. The zero-order valence-corrected chi connectivity index (χ0v) is 12.5. The second-order valence-corrected chi connectivity index (χ2v) is 5.20. The second kappa shape index (κ2) is 5.08. The number of nitrogens with two attached hydrogens (primary N) is 1. The normalized spacial score (nSPS) is 12.6. The first-order valence-corrected chi connectivity index (χ1v) is 6.44. The maximum absolute atomic E-state index is 12.1. The van der Waals surface area contributed by atoms with E-state index >= 15 is 0 Å². The lowest BCUT2D eigenvalue weighted by molar-refractivity contribution is 0.707. The molecule has 0 fully saturated rings. The van der Waals surface area contributed by atoms with Gasteiger partial charge in [0.15, 0.2) is 11.2 Å². The molecule has 9 heteroatoms. The summed E-state index contributed by atoms with van der Waals surface area (Å²) in [6.07, 6.45) is 0. The summed E-state index contributed by atoms with van der Waals surface area (Å²) in [6, 6.07) is 0. The maximum atomic E-state index is 12.1. The molecule has 1 unspecified atom stereocenters. The van der Waals surface area contributed by atoms with Crippen LogP contribution in [-0.4, -0.2) is 38.5 Å². The van der Waals surface area contributed by atoms with E-state index in [2.05, 4.69) is 9.97 Å². The number of hydrogen-bond donors (Lipinski definition) is 3. The van der Waals surface area contributed by atoms with Crippen LogP contribution in [0.4, 0.5) is 5.95 Å². The lowest BCUT2D eigenvalue weighted by atomic mass is 10.1. The highest BCUT2D eigenvalue weighted by Gasteiger charge is 2.17. The van der Waals surface area contributed by atoms with Gasteiger partial charge in [0.25, 0.3) is 5.56 Å². The van der Waals surface area contributed by atoms with Crippen molar-refractivity contribution >= 4 is 22.9 Å². The number of aromatic nitrogens is 4. The summed E-state index contributed by atoms with van der Waals surface area (Å²) in [7, 11) is 4.76. The van der Waals surface area contributed by atoms with E-state index in [-0.39, 0.29) is 17.3 Å². The van der Waals surface area contributed by atoms with Crippen molar-refractivity contribution in [3.63, 3.8) is 0 Å². The molecule has 0 bridgehead atoms. The minimum atomic E-state index is -0.426. The highest BCUT2D eigenvalue weighted by molar-refractivity contribution is 5.80. The van der Waals surface area contributed by atoms with Crippen molar-refractivity contribution in [2.24, 2.45) is 25.7 Å². The lowest BCUT2D eigenvalue weighted by Crippen LogP contribution is -2.36. The smallest absolute Gasteiger partial charge is 0.332 e.